The Kier molecular flexibility index (Phi) is 8.53. The molecule has 0 saturated heterocycles. The third-order valence-electron chi connectivity index (χ3n) is 3.69. The molecule has 1 aromatic heterocycles. The Hall–Kier alpha value is -1.61. The quantitative estimate of drug-likeness (QED) is 0.776. The maximum absolute atomic E-state index is 4.33. The van der Waals surface area contributed by atoms with Crippen LogP contribution in [0.25, 0.3) is 0 Å². The zero-order chi connectivity index (χ0) is 16.4. The first kappa shape index (κ1) is 18.4. The highest BCUT2D eigenvalue weighted by atomic mass is 15.1. The van der Waals surface area contributed by atoms with Gasteiger partial charge in [-0.1, -0.05) is 58.0 Å². The van der Waals surface area contributed by atoms with Gasteiger partial charge in [0.2, 0.25) is 0 Å². The van der Waals surface area contributed by atoms with Crippen molar-refractivity contribution in [3.8, 4) is 0 Å². The van der Waals surface area contributed by atoms with E-state index in [-0.39, 0.29) is 0 Å². The molecule has 0 spiro atoms. The van der Waals surface area contributed by atoms with E-state index < -0.39 is 0 Å². The van der Waals surface area contributed by atoms with Gasteiger partial charge < -0.3 is 4.98 Å². The first-order chi connectivity index (χ1) is 10.7. The Morgan fingerprint density at radius 2 is 1.77 bits per heavy atom. The molecule has 0 aliphatic rings. The van der Waals surface area contributed by atoms with Crippen LogP contribution in [0.2, 0.25) is 0 Å². The summed E-state index contributed by atoms with van der Waals surface area (Å²) in [6, 6.07) is 11.2. The van der Waals surface area contributed by atoms with Crippen LogP contribution >= 0.6 is 0 Å². The van der Waals surface area contributed by atoms with Crippen LogP contribution in [-0.4, -0.2) is 21.9 Å². The number of nitrogens with one attached hydrogen (secondary N) is 1. The molecule has 1 aromatic carbocycles. The van der Waals surface area contributed by atoms with Gasteiger partial charge in [-0.2, -0.15) is 0 Å². The van der Waals surface area contributed by atoms with E-state index in [1.54, 1.807) is 0 Å². The molecule has 1 heterocycles. The van der Waals surface area contributed by atoms with E-state index in [2.05, 4.69) is 66.1 Å². The van der Waals surface area contributed by atoms with Crippen molar-refractivity contribution in [3.63, 3.8) is 0 Å². The predicted octanol–water partition coefficient (Wildman–Crippen LogP) is 5.05. The van der Waals surface area contributed by atoms with Crippen molar-refractivity contribution in [3.05, 3.63) is 54.1 Å². The van der Waals surface area contributed by atoms with Crippen molar-refractivity contribution in [1.29, 1.82) is 0 Å². The van der Waals surface area contributed by atoms with E-state index in [1.165, 1.54) is 18.4 Å². The number of aromatic nitrogens is 2. The monoisotopic (exact) mass is 301 g/mol. The van der Waals surface area contributed by atoms with Gasteiger partial charge in [0.25, 0.3) is 0 Å². The summed E-state index contributed by atoms with van der Waals surface area (Å²) in [6.45, 7) is 9.42. The number of aromatic amines is 1. The molecule has 3 heteroatoms. The third-order valence-corrected chi connectivity index (χ3v) is 3.69. The fraction of sp³-hybridized carbons (Fsp3) is 0.526. The number of hydrogen-bond donors (Lipinski definition) is 1. The molecule has 122 valence electrons. The molecule has 2 aromatic rings. The molecule has 2 rings (SSSR count). The SMILES string of the molecule is CC.CC(C)CCC(c1ccccc1)N(C)Cc1ncc[nH]1. The normalized spacial score (nSPS) is 12.1. The van der Waals surface area contributed by atoms with Crippen LogP contribution < -0.4 is 0 Å². The van der Waals surface area contributed by atoms with Crippen molar-refractivity contribution in [2.75, 3.05) is 7.05 Å². The Morgan fingerprint density at radius 1 is 1.09 bits per heavy atom. The fourth-order valence-electron chi connectivity index (χ4n) is 2.54. The average Bonchev–Trinajstić information content (AvgIpc) is 3.03. The second-order valence-corrected chi connectivity index (χ2v) is 5.85. The van der Waals surface area contributed by atoms with Crippen molar-refractivity contribution in [1.82, 2.24) is 14.9 Å². The van der Waals surface area contributed by atoms with Gasteiger partial charge >= 0.3 is 0 Å². The second-order valence-electron chi connectivity index (χ2n) is 5.85. The molecule has 0 amide bonds. The Balaban J connectivity index is 0.00000116. The number of H-pyrrole nitrogens is 1. The zero-order valence-corrected chi connectivity index (χ0v) is 14.7. The van der Waals surface area contributed by atoms with E-state index in [0.717, 1.165) is 18.3 Å². The van der Waals surface area contributed by atoms with E-state index in [1.807, 2.05) is 26.2 Å². The maximum Gasteiger partial charge on any atom is 0.120 e. The maximum atomic E-state index is 4.33. The lowest BCUT2D eigenvalue weighted by atomic mass is 9.96. The van der Waals surface area contributed by atoms with Crippen LogP contribution in [-0.2, 0) is 6.54 Å². The summed E-state index contributed by atoms with van der Waals surface area (Å²) in [6.07, 6.45) is 6.12. The Labute approximate surface area is 135 Å². The van der Waals surface area contributed by atoms with Gasteiger partial charge in [0.1, 0.15) is 5.82 Å². The third kappa shape index (κ3) is 6.02. The van der Waals surface area contributed by atoms with E-state index in [4.69, 9.17) is 0 Å². The lowest BCUT2D eigenvalue weighted by molar-refractivity contribution is 0.211. The highest BCUT2D eigenvalue weighted by Gasteiger charge is 2.18. The number of benzene rings is 1. The molecule has 0 radical (unpaired) electrons. The highest BCUT2D eigenvalue weighted by Crippen LogP contribution is 2.27. The van der Waals surface area contributed by atoms with E-state index in [0.29, 0.717) is 6.04 Å². The summed E-state index contributed by atoms with van der Waals surface area (Å²) < 4.78 is 0. The summed E-state index contributed by atoms with van der Waals surface area (Å²) in [5.74, 6) is 1.76. The standard InChI is InChI=1S/C17H25N3.C2H6/c1-14(2)9-10-16(15-7-5-4-6-8-15)20(3)13-17-18-11-12-19-17;1-2/h4-8,11-12,14,16H,9-10,13H2,1-3H3,(H,18,19);1-2H3. The summed E-state index contributed by atoms with van der Waals surface area (Å²) >= 11 is 0. The van der Waals surface area contributed by atoms with Gasteiger partial charge in [-0.15, -0.1) is 0 Å². The van der Waals surface area contributed by atoms with Crippen LogP contribution in [0, 0.1) is 5.92 Å². The molecule has 1 atom stereocenters. The molecule has 0 fully saturated rings. The first-order valence-electron chi connectivity index (χ1n) is 8.40. The predicted molar refractivity (Wildman–Crippen MR) is 94.7 cm³/mol. The minimum atomic E-state index is 0.448. The topological polar surface area (TPSA) is 31.9 Å². The zero-order valence-electron chi connectivity index (χ0n) is 14.7. The van der Waals surface area contributed by atoms with E-state index in [9.17, 15) is 0 Å². The van der Waals surface area contributed by atoms with Crippen molar-refractivity contribution >= 4 is 0 Å². The molecular weight excluding hydrogens is 270 g/mol. The smallest absolute Gasteiger partial charge is 0.120 e. The fourth-order valence-corrected chi connectivity index (χ4v) is 2.54. The van der Waals surface area contributed by atoms with Gasteiger partial charge in [-0.25, -0.2) is 4.98 Å². The van der Waals surface area contributed by atoms with Crippen LogP contribution in [0.3, 0.4) is 0 Å². The van der Waals surface area contributed by atoms with Gasteiger partial charge in [-0.3, -0.25) is 4.90 Å². The second kappa shape index (κ2) is 10.2. The van der Waals surface area contributed by atoms with Crippen LogP contribution in [0.1, 0.15) is 58.0 Å². The van der Waals surface area contributed by atoms with Crippen LogP contribution in [0.15, 0.2) is 42.7 Å². The largest absolute Gasteiger partial charge is 0.348 e. The van der Waals surface area contributed by atoms with Crippen LogP contribution in [0.5, 0.6) is 0 Å². The molecule has 3 nitrogen and oxygen atoms in total. The summed E-state index contributed by atoms with van der Waals surface area (Å²) in [5, 5.41) is 0. The van der Waals surface area contributed by atoms with Crippen molar-refractivity contribution in [2.24, 2.45) is 5.92 Å². The molecule has 0 saturated carbocycles. The number of nitrogens with zero attached hydrogens (tertiary/aromatic N) is 2. The molecule has 1 unspecified atom stereocenters. The van der Waals surface area contributed by atoms with Gasteiger partial charge in [0, 0.05) is 18.4 Å². The van der Waals surface area contributed by atoms with Crippen LogP contribution in [0.4, 0.5) is 0 Å². The van der Waals surface area contributed by atoms with Gasteiger partial charge in [0.05, 0.1) is 6.54 Å². The van der Waals surface area contributed by atoms with E-state index >= 15 is 0 Å². The summed E-state index contributed by atoms with van der Waals surface area (Å²) in [5.41, 5.74) is 1.39. The molecule has 0 aliphatic carbocycles. The first-order valence-corrected chi connectivity index (χ1v) is 8.40. The molecule has 22 heavy (non-hydrogen) atoms. The van der Waals surface area contributed by atoms with Gasteiger partial charge in [0.15, 0.2) is 0 Å². The molecular formula is C19H31N3. The lowest BCUT2D eigenvalue weighted by Crippen LogP contribution is -2.25. The average molecular weight is 301 g/mol. The molecule has 0 bridgehead atoms. The van der Waals surface area contributed by atoms with Gasteiger partial charge in [-0.05, 0) is 31.4 Å². The number of rotatable bonds is 7. The number of imidazole rings is 1. The summed E-state index contributed by atoms with van der Waals surface area (Å²) in [7, 11) is 2.18. The summed E-state index contributed by atoms with van der Waals surface area (Å²) in [4.78, 5) is 9.90. The molecule has 1 N–H and O–H groups in total. The number of hydrogen-bond acceptors (Lipinski definition) is 2. The van der Waals surface area contributed by atoms with Crippen molar-refractivity contribution in [2.45, 2.75) is 53.1 Å². The minimum Gasteiger partial charge on any atom is -0.348 e. The Morgan fingerprint density at radius 3 is 2.32 bits per heavy atom. The highest BCUT2D eigenvalue weighted by molar-refractivity contribution is 5.19. The van der Waals surface area contributed by atoms with Crippen molar-refractivity contribution < 1.29 is 0 Å². The lowest BCUT2D eigenvalue weighted by Gasteiger charge is -2.28. The minimum absolute atomic E-state index is 0.448. The molecule has 0 aliphatic heterocycles. The Bertz CT molecular complexity index is 477.